The van der Waals surface area contributed by atoms with E-state index in [1.54, 1.807) is 25.2 Å². The number of hydrogen-bond donors (Lipinski definition) is 0. The number of anilines is 1. The molecule has 8 nitrogen and oxygen atoms in total. The Labute approximate surface area is 168 Å². The first-order chi connectivity index (χ1) is 14.0. The molecular formula is C21H22N4O4. The molecule has 1 atom stereocenters. The summed E-state index contributed by atoms with van der Waals surface area (Å²) in [7, 11) is 1.70. The number of likely N-dealkylation sites (N-methyl/N-ethyl adjacent to an activating group) is 1. The minimum atomic E-state index is -0.291. The number of hydrogen-bond acceptors (Lipinski definition) is 6. The van der Waals surface area contributed by atoms with Gasteiger partial charge in [-0.25, -0.2) is 9.97 Å². The second kappa shape index (κ2) is 6.52. The lowest BCUT2D eigenvalue weighted by atomic mass is 9.80. The minimum Gasteiger partial charge on any atom is -0.482 e. The quantitative estimate of drug-likeness (QED) is 0.728. The molecule has 0 N–H and O–H groups in total. The van der Waals surface area contributed by atoms with Crippen LogP contribution in [0.4, 0.5) is 5.69 Å². The Hall–Kier alpha value is -3.00. The summed E-state index contributed by atoms with van der Waals surface area (Å²) in [6.07, 6.45) is 2.63. The fourth-order valence-electron chi connectivity index (χ4n) is 4.43. The zero-order valence-corrected chi connectivity index (χ0v) is 16.5. The van der Waals surface area contributed by atoms with Gasteiger partial charge in [-0.1, -0.05) is 0 Å². The molecule has 29 heavy (non-hydrogen) atoms. The highest BCUT2D eigenvalue weighted by atomic mass is 16.5. The average molecular weight is 394 g/mol. The van der Waals surface area contributed by atoms with E-state index in [-0.39, 0.29) is 23.8 Å². The molecule has 3 aliphatic heterocycles. The Morgan fingerprint density at radius 2 is 2.14 bits per heavy atom. The van der Waals surface area contributed by atoms with Crippen LogP contribution < -0.4 is 9.64 Å². The molecule has 1 saturated heterocycles. The molecule has 1 aromatic carbocycles. The standard InChI is InChI=1S/C21H22N4O4/c1-13-22-8-15-9-28-12-21(19(15)23-13)5-6-25(11-21)20(27)14-3-4-17-16(7-14)24(2)18(26)10-29-17/h3-4,7-8H,5-6,9-12H2,1-2H3/t21-/m0/s1. The summed E-state index contributed by atoms with van der Waals surface area (Å²) < 4.78 is 11.3. The molecule has 2 amide bonds. The summed E-state index contributed by atoms with van der Waals surface area (Å²) in [5.41, 5.74) is 2.89. The number of aryl methyl sites for hydroxylation is 1. The van der Waals surface area contributed by atoms with Crippen LogP contribution in [0.3, 0.4) is 0 Å². The molecule has 4 heterocycles. The summed E-state index contributed by atoms with van der Waals surface area (Å²) in [6, 6.07) is 5.25. The van der Waals surface area contributed by atoms with Gasteiger partial charge in [0.05, 0.1) is 30.0 Å². The number of rotatable bonds is 1. The van der Waals surface area contributed by atoms with Crippen LogP contribution >= 0.6 is 0 Å². The van der Waals surface area contributed by atoms with Gasteiger partial charge < -0.3 is 19.3 Å². The minimum absolute atomic E-state index is 0.0200. The van der Waals surface area contributed by atoms with Crippen molar-refractivity contribution in [1.82, 2.24) is 14.9 Å². The maximum atomic E-state index is 13.2. The normalized spacial score (nSPS) is 23.0. The highest BCUT2D eigenvalue weighted by Crippen LogP contribution is 2.40. The number of aromatic nitrogens is 2. The second-order valence-electron chi connectivity index (χ2n) is 7.96. The van der Waals surface area contributed by atoms with Crippen LogP contribution in [0.25, 0.3) is 0 Å². The number of amides is 2. The Morgan fingerprint density at radius 3 is 3.00 bits per heavy atom. The number of carbonyl (C=O) groups excluding carboxylic acids is 2. The van der Waals surface area contributed by atoms with E-state index in [0.29, 0.717) is 43.3 Å². The molecule has 3 aliphatic rings. The predicted octanol–water partition coefficient (Wildman–Crippen LogP) is 1.45. The highest BCUT2D eigenvalue weighted by Gasteiger charge is 2.46. The lowest BCUT2D eigenvalue weighted by molar-refractivity contribution is -0.120. The van der Waals surface area contributed by atoms with E-state index in [1.165, 1.54) is 4.90 Å². The first-order valence-electron chi connectivity index (χ1n) is 9.70. The highest BCUT2D eigenvalue weighted by molar-refractivity contribution is 6.01. The molecule has 0 saturated carbocycles. The van der Waals surface area contributed by atoms with Crippen LogP contribution in [0.5, 0.6) is 5.75 Å². The van der Waals surface area contributed by atoms with Gasteiger partial charge in [0.1, 0.15) is 11.6 Å². The summed E-state index contributed by atoms with van der Waals surface area (Å²) >= 11 is 0. The summed E-state index contributed by atoms with van der Waals surface area (Å²) in [5, 5.41) is 0. The molecular weight excluding hydrogens is 372 g/mol. The first kappa shape index (κ1) is 18.1. The van der Waals surface area contributed by atoms with Gasteiger partial charge in [-0.3, -0.25) is 9.59 Å². The third-order valence-electron chi connectivity index (χ3n) is 6.06. The fraction of sp³-hybridized carbons (Fsp3) is 0.429. The lowest BCUT2D eigenvalue weighted by Gasteiger charge is -2.34. The number of benzene rings is 1. The van der Waals surface area contributed by atoms with Gasteiger partial charge in [0.2, 0.25) is 0 Å². The van der Waals surface area contributed by atoms with Crippen molar-refractivity contribution >= 4 is 17.5 Å². The zero-order valence-electron chi connectivity index (χ0n) is 16.5. The largest absolute Gasteiger partial charge is 0.482 e. The van der Waals surface area contributed by atoms with E-state index in [4.69, 9.17) is 14.5 Å². The van der Waals surface area contributed by atoms with E-state index in [9.17, 15) is 9.59 Å². The SMILES string of the molecule is Cc1ncc2c(n1)[C@]1(CCN(C(=O)c3ccc4c(c3)N(C)C(=O)CO4)C1)COC2. The van der Waals surface area contributed by atoms with Crippen molar-refractivity contribution in [2.24, 2.45) is 0 Å². The van der Waals surface area contributed by atoms with Crippen LogP contribution in [0.2, 0.25) is 0 Å². The topological polar surface area (TPSA) is 84.9 Å². The summed E-state index contributed by atoms with van der Waals surface area (Å²) in [6.45, 7) is 4.15. The predicted molar refractivity (Wildman–Crippen MR) is 104 cm³/mol. The molecule has 1 spiro atoms. The maximum absolute atomic E-state index is 13.2. The molecule has 5 rings (SSSR count). The van der Waals surface area contributed by atoms with Gasteiger partial charge in [-0.15, -0.1) is 0 Å². The molecule has 0 radical (unpaired) electrons. The Bertz CT molecular complexity index is 1020. The summed E-state index contributed by atoms with van der Waals surface area (Å²) in [5.74, 6) is 1.16. The van der Waals surface area contributed by atoms with Crippen molar-refractivity contribution in [2.45, 2.75) is 25.4 Å². The Morgan fingerprint density at radius 1 is 1.28 bits per heavy atom. The fourth-order valence-corrected chi connectivity index (χ4v) is 4.43. The Balaban J connectivity index is 1.43. The molecule has 2 aromatic rings. The van der Waals surface area contributed by atoms with Gasteiger partial charge in [0.25, 0.3) is 11.8 Å². The molecule has 1 aromatic heterocycles. The van der Waals surface area contributed by atoms with Crippen LogP contribution in [0.1, 0.15) is 33.9 Å². The number of likely N-dealkylation sites (tertiary alicyclic amines) is 1. The van der Waals surface area contributed by atoms with E-state index in [0.717, 1.165) is 23.5 Å². The van der Waals surface area contributed by atoms with Crippen molar-refractivity contribution in [3.8, 4) is 5.75 Å². The van der Waals surface area contributed by atoms with Gasteiger partial charge in [-0.2, -0.15) is 0 Å². The van der Waals surface area contributed by atoms with Crippen LogP contribution in [0.15, 0.2) is 24.4 Å². The maximum Gasteiger partial charge on any atom is 0.264 e. The average Bonchev–Trinajstić information content (AvgIpc) is 3.15. The van der Waals surface area contributed by atoms with E-state index >= 15 is 0 Å². The van der Waals surface area contributed by atoms with Crippen molar-refractivity contribution < 1.29 is 19.1 Å². The van der Waals surface area contributed by atoms with Gasteiger partial charge in [0, 0.05) is 37.5 Å². The lowest BCUT2D eigenvalue weighted by Crippen LogP contribution is -2.42. The van der Waals surface area contributed by atoms with Crippen molar-refractivity contribution in [3.63, 3.8) is 0 Å². The zero-order chi connectivity index (χ0) is 20.2. The molecule has 0 bridgehead atoms. The number of carbonyl (C=O) groups is 2. The third kappa shape index (κ3) is 2.86. The molecule has 8 heteroatoms. The number of ether oxygens (including phenoxy) is 2. The number of fused-ring (bicyclic) bond motifs is 3. The van der Waals surface area contributed by atoms with Crippen molar-refractivity contribution in [1.29, 1.82) is 0 Å². The first-order valence-corrected chi connectivity index (χ1v) is 9.70. The van der Waals surface area contributed by atoms with Gasteiger partial charge >= 0.3 is 0 Å². The molecule has 1 fully saturated rings. The van der Waals surface area contributed by atoms with E-state index in [1.807, 2.05) is 18.0 Å². The molecule has 150 valence electrons. The Kier molecular flexibility index (Phi) is 4.06. The van der Waals surface area contributed by atoms with Crippen LogP contribution in [-0.2, 0) is 21.6 Å². The smallest absolute Gasteiger partial charge is 0.264 e. The van der Waals surface area contributed by atoms with E-state index in [2.05, 4.69) is 4.98 Å². The van der Waals surface area contributed by atoms with Gasteiger partial charge in [-0.05, 0) is 31.5 Å². The van der Waals surface area contributed by atoms with Crippen molar-refractivity contribution in [2.75, 3.05) is 38.3 Å². The van der Waals surface area contributed by atoms with Crippen LogP contribution in [0, 0.1) is 6.92 Å². The van der Waals surface area contributed by atoms with Crippen molar-refractivity contribution in [3.05, 3.63) is 47.0 Å². The van der Waals surface area contributed by atoms with E-state index < -0.39 is 0 Å². The summed E-state index contributed by atoms with van der Waals surface area (Å²) in [4.78, 5) is 37.5. The monoisotopic (exact) mass is 394 g/mol. The van der Waals surface area contributed by atoms with Gasteiger partial charge in [0.15, 0.2) is 6.61 Å². The molecule has 0 aliphatic carbocycles. The number of nitrogens with zero attached hydrogens (tertiary/aromatic N) is 4. The molecule has 0 unspecified atom stereocenters. The second-order valence-corrected chi connectivity index (χ2v) is 7.96. The van der Waals surface area contributed by atoms with Crippen LogP contribution in [-0.4, -0.2) is 60.0 Å². The third-order valence-corrected chi connectivity index (χ3v) is 6.06.